The first kappa shape index (κ1) is 18.4. The van der Waals surface area contributed by atoms with Gasteiger partial charge in [-0.3, -0.25) is 4.79 Å². The Morgan fingerprint density at radius 2 is 1.76 bits per heavy atom. The lowest BCUT2D eigenvalue weighted by atomic mass is 10.1. The summed E-state index contributed by atoms with van der Waals surface area (Å²) in [4.78, 5) is 36.6. The van der Waals surface area contributed by atoms with E-state index in [-0.39, 0.29) is 0 Å². The number of benzene rings is 2. The van der Waals surface area contributed by atoms with Crippen LogP contribution in [0.5, 0.6) is 0 Å². The van der Waals surface area contributed by atoms with Crippen molar-refractivity contribution in [1.29, 1.82) is 0 Å². The summed E-state index contributed by atoms with van der Waals surface area (Å²) in [6.45, 7) is 1.41. The van der Waals surface area contributed by atoms with Crippen LogP contribution in [0, 0.1) is 6.92 Å². The topological polar surface area (TPSA) is 97.0 Å². The number of fused-ring (bicyclic) bond motifs is 1. The minimum Gasteiger partial charge on any atom is -0.452 e. The van der Waals surface area contributed by atoms with Gasteiger partial charge in [0, 0.05) is 11.3 Å². The molecule has 4 rings (SSSR count). The maximum absolute atomic E-state index is 12.6. The van der Waals surface area contributed by atoms with Crippen LogP contribution in [0.2, 0.25) is 0 Å². The second kappa shape index (κ2) is 7.93. The summed E-state index contributed by atoms with van der Waals surface area (Å²) in [6.07, 6.45) is 0. The first-order valence-corrected chi connectivity index (χ1v) is 9.05. The minimum absolute atomic E-state index is 0.327. The van der Waals surface area contributed by atoms with Gasteiger partial charge in [0.05, 0.1) is 16.6 Å². The van der Waals surface area contributed by atoms with Crippen molar-refractivity contribution in [2.75, 3.05) is 11.9 Å². The van der Waals surface area contributed by atoms with Crippen molar-refractivity contribution in [3.05, 3.63) is 78.0 Å². The van der Waals surface area contributed by atoms with Crippen LogP contribution in [0.3, 0.4) is 0 Å². The number of amides is 1. The van der Waals surface area contributed by atoms with Crippen LogP contribution >= 0.6 is 0 Å². The Balaban J connectivity index is 1.48. The monoisotopic (exact) mass is 386 g/mol. The number of rotatable bonds is 5. The molecule has 7 heteroatoms. The molecule has 0 fully saturated rings. The number of carbonyl (C=O) groups is 2. The number of anilines is 1. The smallest absolute Gasteiger partial charge is 0.339 e. The van der Waals surface area contributed by atoms with E-state index < -0.39 is 18.5 Å². The van der Waals surface area contributed by atoms with E-state index in [1.807, 2.05) is 43.3 Å². The fraction of sp³-hybridized carbons (Fsp3) is 0.0909. The van der Waals surface area contributed by atoms with E-state index in [2.05, 4.69) is 20.3 Å². The Hall–Kier alpha value is -4.00. The fourth-order valence-corrected chi connectivity index (χ4v) is 2.95. The maximum atomic E-state index is 12.6. The average Bonchev–Trinajstić information content (AvgIpc) is 3.16. The number of imidazole rings is 1. The molecule has 2 aromatic heterocycles. The lowest BCUT2D eigenvalue weighted by Gasteiger charge is -2.09. The Kier molecular flexibility index (Phi) is 5.03. The zero-order valence-electron chi connectivity index (χ0n) is 15.7. The van der Waals surface area contributed by atoms with Crippen LogP contribution in [-0.2, 0) is 9.53 Å². The summed E-state index contributed by atoms with van der Waals surface area (Å²) < 4.78 is 5.21. The van der Waals surface area contributed by atoms with E-state index in [9.17, 15) is 9.59 Å². The van der Waals surface area contributed by atoms with Crippen LogP contribution in [0.4, 0.5) is 5.82 Å². The maximum Gasteiger partial charge on any atom is 0.339 e. The summed E-state index contributed by atoms with van der Waals surface area (Å²) in [5, 5.41) is 2.61. The highest BCUT2D eigenvalue weighted by molar-refractivity contribution is 5.99. The van der Waals surface area contributed by atoms with E-state index in [1.54, 1.807) is 30.3 Å². The fourth-order valence-electron chi connectivity index (χ4n) is 2.95. The van der Waals surface area contributed by atoms with E-state index >= 15 is 0 Å². The molecule has 144 valence electrons. The van der Waals surface area contributed by atoms with Gasteiger partial charge < -0.3 is 15.0 Å². The zero-order valence-corrected chi connectivity index (χ0v) is 15.7. The molecule has 2 heterocycles. The Labute approximate surface area is 166 Å². The van der Waals surface area contributed by atoms with Gasteiger partial charge in [-0.1, -0.05) is 36.4 Å². The third-order valence-electron chi connectivity index (χ3n) is 4.28. The third kappa shape index (κ3) is 4.14. The minimum atomic E-state index is -0.603. The molecule has 2 N–H and O–H groups in total. The molecule has 0 aliphatic rings. The van der Waals surface area contributed by atoms with E-state index in [0.717, 1.165) is 16.7 Å². The SMILES string of the molecule is Cc1cccc(NC(=O)COC(=O)c2ccccc2-c2nc3ccccc3[nH]2)n1. The highest BCUT2D eigenvalue weighted by atomic mass is 16.5. The summed E-state index contributed by atoms with van der Waals surface area (Å²) in [7, 11) is 0. The Morgan fingerprint density at radius 1 is 0.966 bits per heavy atom. The number of H-pyrrole nitrogens is 1. The van der Waals surface area contributed by atoms with Crippen molar-refractivity contribution in [3.8, 4) is 11.4 Å². The highest BCUT2D eigenvalue weighted by Crippen LogP contribution is 2.24. The second-order valence-electron chi connectivity index (χ2n) is 6.44. The summed E-state index contributed by atoms with van der Waals surface area (Å²) in [5.74, 6) is -0.0908. The summed E-state index contributed by atoms with van der Waals surface area (Å²) >= 11 is 0. The molecule has 4 aromatic rings. The number of nitrogens with zero attached hydrogens (tertiary/aromatic N) is 2. The van der Waals surface area contributed by atoms with Crippen molar-refractivity contribution < 1.29 is 14.3 Å². The van der Waals surface area contributed by atoms with Crippen LogP contribution in [0.1, 0.15) is 16.1 Å². The second-order valence-corrected chi connectivity index (χ2v) is 6.44. The first-order chi connectivity index (χ1) is 14.1. The number of aromatic amines is 1. The molecule has 1 amide bonds. The largest absolute Gasteiger partial charge is 0.452 e. The van der Waals surface area contributed by atoms with Crippen molar-refractivity contribution in [1.82, 2.24) is 15.0 Å². The highest BCUT2D eigenvalue weighted by Gasteiger charge is 2.17. The lowest BCUT2D eigenvalue weighted by Crippen LogP contribution is -2.21. The normalized spacial score (nSPS) is 10.7. The molecule has 0 unspecified atom stereocenters. The number of pyridine rings is 1. The van der Waals surface area contributed by atoms with Crippen molar-refractivity contribution in [3.63, 3.8) is 0 Å². The molecule has 0 aliphatic carbocycles. The van der Waals surface area contributed by atoms with E-state index in [4.69, 9.17) is 4.74 Å². The van der Waals surface area contributed by atoms with E-state index in [0.29, 0.717) is 22.8 Å². The third-order valence-corrected chi connectivity index (χ3v) is 4.28. The van der Waals surface area contributed by atoms with Gasteiger partial charge in [0.25, 0.3) is 5.91 Å². The number of ether oxygens (including phenoxy) is 1. The van der Waals surface area contributed by atoms with Crippen molar-refractivity contribution >= 4 is 28.7 Å². The molecule has 0 atom stereocenters. The molecule has 0 radical (unpaired) electrons. The van der Waals surface area contributed by atoms with Crippen LogP contribution in [-0.4, -0.2) is 33.4 Å². The molecule has 7 nitrogen and oxygen atoms in total. The Morgan fingerprint density at radius 3 is 2.59 bits per heavy atom. The predicted molar refractivity (Wildman–Crippen MR) is 109 cm³/mol. The number of nitrogens with one attached hydrogen (secondary N) is 2. The zero-order chi connectivity index (χ0) is 20.2. The molecule has 0 saturated carbocycles. The molecule has 29 heavy (non-hydrogen) atoms. The molecule has 0 bridgehead atoms. The number of hydrogen-bond donors (Lipinski definition) is 2. The van der Waals surface area contributed by atoms with Gasteiger partial charge in [-0.2, -0.15) is 0 Å². The van der Waals surface area contributed by atoms with E-state index in [1.165, 1.54) is 0 Å². The number of carbonyl (C=O) groups excluding carboxylic acids is 2. The molecule has 0 saturated heterocycles. The van der Waals surface area contributed by atoms with Gasteiger partial charge in [0.1, 0.15) is 11.6 Å². The summed E-state index contributed by atoms with van der Waals surface area (Å²) in [5.41, 5.74) is 3.38. The van der Waals surface area contributed by atoms with Gasteiger partial charge in [0.15, 0.2) is 6.61 Å². The lowest BCUT2D eigenvalue weighted by molar-refractivity contribution is -0.119. The molecule has 2 aromatic carbocycles. The number of aromatic nitrogens is 3. The van der Waals surface area contributed by atoms with Crippen molar-refractivity contribution in [2.45, 2.75) is 6.92 Å². The predicted octanol–water partition coefficient (Wildman–Crippen LogP) is 3.73. The van der Waals surface area contributed by atoms with Crippen molar-refractivity contribution in [2.24, 2.45) is 0 Å². The number of aryl methyl sites for hydroxylation is 1. The molecular formula is C22H18N4O3. The van der Waals surface area contributed by atoms with Gasteiger partial charge in [0.2, 0.25) is 0 Å². The number of hydrogen-bond acceptors (Lipinski definition) is 5. The molecule has 0 aliphatic heterocycles. The van der Waals surface area contributed by atoms with Crippen LogP contribution in [0.15, 0.2) is 66.7 Å². The van der Waals surface area contributed by atoms with Gasteiger partial charge in [-0.15, -0.1) is 0 Å². The Bertz CT molecular complexity index is 1170. The molecular weight excluding hydrogens is 368 g/mol. The quantitative estimate of drug-likeness (QED) is 0.510. The first-order valence-electron chi connectivity index (χ1n) is 9.05. The van der Waals surface area contributed by atoms with Gasteiger partial charge in [-0.05, 0) is 37.3 Å². The standard InChI is InChI=1S/C22H18N4O3/c1-14-7-6-12-19(23-14)26-20(27)13-29-22(28)16-9-3-2-8-15(16)21-24-17-10-4-5-11-18(17)25-21/h2-12H,13H2,1H3,(H,24,25)(H,23,26,27). The molecule has 0 spiro atoms. The number of para-hydroxylation sites is 2. The van der Waals surface area contributed by atoms with Gasteiger partial charge in [-0.25, -0.2) is 14.8 Å². The van der Waals surface area contributed by atoms with Crippen LogP contribution < -0.4 is 5.32 Å². The van der Waals surface area contributed by atoms with Crippen LogP contribution in [0.25, 0.3) is 22.4 Å². The number of esters is 1. The average molecular weight is 386 g/mol. The van der Waals surface area contributed by atoms with Gasteiger partial charge >= 0.3 is 5.97 Å². The summed E-state index contributed by atoms with van der Waals surface area (Å²) in [6, 6.07) is 19.9.